The van der Waals surface area contributed by atoms with E-state index in [4.69, 9.17) is 4.98 Å². The van der Waals surface area contributed by atoms with Crippen LogP contribution in [0.4, 0.5) is 11.4 Å². The van der Waals surface area contributed by atoms with Gasteiger partial charge in [-0.15, -0.1) is 0 Å². The summed E-state index contributed by atoms with van der Waals surface area (Å²) < 4.78 is 30.8. The summed E-state index contributed by atoms with van der Waals surface area (Å²) in [7, 11) is -3.80. The van der Waals surface area contributed by atoms with Crippen LogP contribution >= 0.6 is 0 Å². The summed E-state index contributed by atoms with van der Waals surface area (Å²) >= 11 is 0. The molecule has 2 heterocycles. The van der Waals surface area contributed by atoms with E-state index in [-0.39, 0.29) is 10.8 Å². The van der Waals surface area contributed by atoms with E-state index in [0.717, 1.165) is 49.3 Å². The van der Waals surface area contributed by atoms with Crippen LogP contribution in [0.5, 0.6) is 0 Å². The average Bonchev–Trinajstić information content (AvgIpc) is 3.18. The van der Waals surface area contributed by atoms with Crippen molar-refractivity contribution in [2.75, 3.05) is 10.0 Å². The maximum Gasteiger partial charge on any atom is 0.261 e. The van der Waals surface area contributed by atoms with Gasteiger partial charge in [0.15, 0.2) is 0 Å². The predicted molar refractivity (Wildman–Crippen MR) is 121 cm³/mol. The molecule has 4 rings (SSSR count). The van der Waals surface area contributed by atoms with E-state index in [9.17, 15) is 13.2 Å². The molecule has 31 heavy (non-hydrogen) atoms. The van der Waals surface area contributed by atoms with Gasteiger partial charge in [-0.2, -0.15) is 0 Å². The number of carbonyl (C=O) groups excluding carboxylic acids is 1. The van der Waals surface area contributed by atoms with Gasteiger partial charge in [0.25, 0.3) is 10.0 Å². The minimum Gasteiger partial charge on any atom is -0.334 e. The molecule has 7 nitrogen and oxygen atoms in total. The van der Waals surface area contributed by atoms with Crippen molar-refractivity contribution in [2.45, 2.75) is 50.5 Å². The highest BCUT2D eigenvalue weighted by Gasteiger charge is 2.19. The number of imidazole rings is 1. The number of anilines is 2. The number of amides is 1. The molecular formula is C23H26N4O3S. The second-order valence-electron chi connectivity index (χ2n) is 7.67. The lowest BCUT2D eigenvalue weighted by Crippen LogP contribution is -2.14. The lowest BCUT2D eigenvalue weighted by molar-refractivity contribution is -0.116. The summed E-state index contributed by atoms with van der Waals surface area (Å²) in [5, 5.41) is 2.76. The van der Waals surface area contributed by atoms with E-state index in [1.807, 2.05) is 25.3 Å². The van der Waals surface area contributed by atoms with Gasteiger partial charge in [-0.3, -0.25) is 9.52 Å². The first-order valence-electron chi connectivity index (χ1n) is 10.5. The van der Waals surface area contributed by atoms with Crippen LogP contribution in [0.1, 0.15) is 38.4 Å². The average molecular weight is 439 g/mol. The molecule has 0 aliphatic carbocycles. The molecule has 2 N–H and O–H groups in total. The molecule has 0 spiro atoms. The summed E-state index contributed by atoms with van der Waals surface area (Å²) in [6.07, 6.45) is 6.37. The molecule has 0 saturated carbocycles. The number of para-hydroxylation sites is 1. The number of benzene rings is 2. The van der Waals surface area contributed by atoms with Crippen molar-refractivity contribution in [1.82, 2.24) is 9.55 Å². The Morgan fingerprint density at radius 2 is 1.87 bits per heavy atom. The number of fused-ring (bicyclic) bond motifs is 1. The zero-order valence-electron chi connectivity index (χ0n) is 17.5. The highest BCUT2D eigenvalue weighted by Crippen LogP contribution is 2.30. The van der Waals surface area contributed by atoms with Gasteiger partial charge in [-0.05, 0) is 49.6 Å². The topological polar surface area (TPSA) is 93.1 Å². The Morgan fingerprint density at radius 1 is 1.10 bits per heavy atom. The summed E-state index contributed by atoms with van der Waals surface area (Å²) in [5.74, 6) is 0.951. The second-order valence-corrected chi connectivity index (χ2v) is 9.35. The van der Waals surface area contributed by atoms with Crippen LogP contribution < -0.4 is 10.0 Å². The van der Waals surface area contributed by atoms with Crippen LogP contribution in [0.25, 0.3) is 11.3 Å². The third-order valence-electron chi connectivity index (χ3n) is 5.28. The summed E-state index contributed by atoms with van der Waals surface area (Å²) in [6, 6.07) is 13.4. The fraction of sp³-hybridized carbons (Fsp3) is 0.304. The van der Waals surface area contributed by atoms with Crippen LogP contribution in [-0.2, 0) is 27.8 Å². The minimum atomic E-state index is -3.80. The van der Waals surface area contributed by atoms with Crippen molar-refractivity contribution in [3.05, 3.63) is 60.6 Å². The molecular weight excluding hydrogens is 412 g/mol. The normalized spacial score (nSPS) is 13.5. The molecule has 0 atom stereocenters. The Kier molecular flexibility index (Phi) is 6.08. The van der Waals surface area contributed by atoms with Crippen LogP contribution in [0, 0.1) is 0 Å². The SMILES string of the molecule is CCCC(=O)Nc1ccc(S(=O)(=O)Nc2ccccc2-c2cn3c(n2)CCCC3)cc1. The van der Waals surface area contributed by atoms with Gasteiger partial charge in [-0.25, -0.2) is 13.4 Å². The molecule has 2 aromatic carbocycles. The number of rotatable bonds is 7. The van der Waals surface area contributed by atoms with E-state index in [1.54, 1.807) is 24.3 Å². The first-order chi connectivity index (χ1) is 15.0. The molecule has 0 bridgehead atoms. The van der Waals surface area contributed by atoms with Gasteiger partial charge in [-0.1, -0.05) is 25.1 Å². The van der Waals surface area contributed by atoms with Crippen molar-refractivity contribution in [3.63, 3.8) is 0 Å². The highest BCUT2D eigenvalue weighted by atomic mass is 32.2. The molecule has 162 valence electrons. The Balaban J connectivity index is 1.56. The Hall–Kier alpha value is -3.13. The van der Waals surface area contributed by atoms with E-state index >= 15 is 0 Å². The first-order valence-corrected chi connectivity index (χ1v) is 12.0. The fourth-order valence-corrected chi connectivity index (χ4v) is 4.79. The van der Waals surface area contributed by atoms with Crippen molar-refractivity contribution in [1.29, 1.82) is 0 Å². The maximum absolute atomic E-state index is 13.0. The van der Waals surface area contributed by atoms with Gasteiger partial charge in [0, 0.05) is 36.8 Å². The van der Waals surface area contributed by atoms with Gasteiger partial charge >= 0.3 is 0 Å². The number of hydrogen-bond donors (Lipinski definition) is 2. The quantitative estimate of drug-likeness (QED) is 0.571. The maximum atomic E-state index is 13.0. The molecule has 1 amide bonds. The van der Waals surface area contributed by atoms with Gasteiger partial charge in [0.05, 0.1) is 16.3 Å². The largest absolute Gasteiger partial charge is 0.334 e. The van der Waals surface area contributed by atoms with Gasteiger partial charge < -0.3 is 9.88 Å². The third-order valence-corrected chi connectivity index (χ3v) is 6.66. The molecule has 0 fully saturated rings. The number of nitrogens with zero attached hydrogens (tertiary/aromatic N) is 2. The van der Waals surface area contributed by atoms with Gasteiger partial charge in [0.1, 0.15) is 5.82 Å². The molecule has 1 aliphatic heterocycles. The van der Waals surface area contributed by atoms with Crippen LogP contribution in [0.15, 0.2) is 59.6 Å². The van der Waals surface area contributed by atoms with Crippen molar-refractivity contribution < 1.29 is 13.2 Å². The smallest absolute Gasteiger partial charge is 0.261 e. The van der Waals surface area contributed by atoms with Crippen LogP contribution in [0.3, 0.4) is 0 Å². The van der Waals surface area contributed by atoms with E-state index in [0.29, 0.717) is 17.8 Å². The number of nitrogens with one attached hydrogen (secondary N) is 2. The van der Waals surface area contributed by atoms with Gasteiger partial charge in [0.2, 0.25) is 5.91 Å². The lowest BCUT2D eigenvalue weighted by atomic mass is 10.1. The monoisotopic (exact) mass is 438 g/mol. The van der Waals surface area contributed by atoms with Crippen molar-refractivity contribution in [3.8, 4) is 11.3 Å². The molecule has 0 unspecified atom stereocenters. The summed E-state index contributed by atoms with van der Waals surface area (Å²) in [6.45, 7) is 2.87. The number of sulfonamides is 1. The minimum absolute atomic E-state index is 0.0899. The second kappa shape index (κ2) is 8.93. The van der Waals surface area contributed by atoms with Crippen molar-refractivity contribution in [2.24, 2.45) is 0 Å². The number of aromatic nitrogens is 2. The van der Waals surface area contributed by atoms with Crippen LogP contribution in [0.2, 0.25) is 0 Å². The predicted octanol–water partition coefficient (Wildman–Crippen LogP) is 4.43. The summed E-state index contributed by atoms with van der Waals surface area (Å²) in [5.41, 5.74) is 2.57. The van der Waals surface area contributed by atoms with E-state index < -0.39 is 10.0 Å². The fourth-order valence-electron chi connectivity index (χ4n) is 3.71. The first kappa shape index (κ1) is 21.1. The molecule has 0 saturated heterocycles. The van der Waals surface area contributed by atoms with E-state index in [2.05, 4.69) is 14.6 Å². The molecule has 0 radical (unpaired) electrons. The zero-order valence-corrected chi connectivity index (χ0v) is 18.3. The third kappa shape index (κ3) is 4.80. The lowest BCUT2D eigenvalue weighted by Gasteiger charge is -2.12. The Bertz CT molecular complexity index is 1160. The Morgan fingerprint density at radius 3 is 2.61 bits per heavy atom. The standard InChI is InChI=1S/C23H26N4O3S/c1-2-7-23(28)24-17-11-13-18(14-12-17)31(29,30)26-20-9-4-3-8-19(20)21-16-27-15-6-5-10-22(27)25-21/h3-4,8-9,11-14,16,26H,2,5-7,10,15H2,1H3,(H,24,28). The molecule has 1 aromatic heterocycles. The van der Waals surface area contributed by atoms with Crippen molar-refractivity contribution >= 4 is 27.3 Å². The highest BCUT2D eigenvalue weighted by molar-refractivity contribution is 7.92. The Labute approximate surface area is 182 Å². The van der Waals surface area contributed by atoms with E-state index in [1.165, 1.54) is 12.1 Å². The summed E-state index contributed by atoms with van der Waals surface area (Å²) in [4.78, 5) is 16.6. The number of hydrogen-bond acceptors (Lipinski definition) is 4. The molecule has 8 heteroatoms. The molecule has 3 aromatic rings. The van der Waals surface area contributed by atoms with Crippen LogP contribution in [-0.4, -0.2) is 23.9 Å². The number of aryl methyl sites for hydroxylation is 2. The zero-order chi connectivity index (χ0) is 21.8. The number of carbonyl (C=O) groups is 1. The molecule has 1 aliphatic rings.